The first kappa shape index (κ1) is 29.4. The molecular formula is C40H33NO4. The van der Waals surface area contributed by atoms with Gasteiger partial charge in [-0.05, 0) is 99.6 Å². The van der Waals surface area contributed by atoms with Gasteiger partial charge in [-0.1, -0.05) is 84.9 Å². The number of nitrogens with zero attached hydrogens (tertiary/aromatic N) is 1. The van der Waals surface area contributed by atoms with Crippen molar-refractivity contribution in [1.82, 2.24) is 0 Å². The minimum absolute atomic E-state index is 0.00855. The number of anilines is 2. The molecule has 5 nitrogen and oxygen atoms in total. The number of carbonyl (C=O) groups excluding carboxylic acids is 1. The van der Waals surface area contributed by atoms with Crippen LogP contribution < -0.4 is 14.4 Å². The maximum absolute atomic E-state index is 14.2. The third-order valence-electron chi connectivity index (χ3n) is 7.90. The third-order valence-corrected chi connectivity index (χ3v) is 7.90. The van der Waals surface area contributed by atoms with Crippen LogP contribution in [-0.4, -0.2) is 25.2 Å². The van der Waals surface area contributed by atoms with Crippen LogP contribution in [0.2, 0.25) is 0 Å². The predicted molar refractivity (Wildman–Crippen MR) is 181 cm³/mol. The molecule has 0 fully saturated rings. The number of rotatable bonds is 9. The summed E-state index contributed by atoms with van der Waals surface area (Å²) in [6, 6.07) is 47.3. The normalized spacial score (nSPS) is 10.7. The van der Waals surface area contributed by atoms with Crippen molar-refractivity contribution < 1.29 is 19.4 Å². The van der Waals surface area contributed by atoms with Gasteiger partial charge in [-0.2, -0.15) is 0 Å². The predicted octanol–water partition coefficient (Wildman–Crippen LogP) is 9.18. The summed E-state index contributed by atoms with van der Waals surface area (Å²) in [6.07, 6.45) is 0. The first-order valence-corrected chi connectivity index (χ1v) is 14.7. The molecule has 0 bridgehead atoms. The molecule has 1 N–H and O–H groups in total. The van der Waals surface area contributed by atoms with Gasteiger partial charge in [-0.3, -0.25) is 9.69 Å². The number of hydrogen-bond acceptors (Lipinski definition) is 4. The van der Waals surface area contributed by atoms with Crippen molar-refractivity contribution in [1.29, 1.82) is 0 Å². The molecule has 6 aromatic rings. The van der Waals surface area contributed by atoms with Crippen LogP contribution in [-0.2, 0) is 6.61 Å². The lowest BCUT2D eigenvalue weighted by molar-refractivity contribution is 0.0999. The summed E-state index contributed by atoms with van der Waals surface area (Å²) in [5, 5.41) is 9.40. The summed E-state index contributed by atoms with van der Waals surface area (Å²) in [6.45, 7) is 0.00855. The molecule has 5 heteroatoms. The Morgan fingerprint density at radius 1 is 0.489 bits per heavy atom. The molecule has 1 amide bonds. The van der Waals surface area contributed by atoms with Crippen LogP contribution in [0.15, 0.2) is 146 Å². The monoisotopic (exact) mass is 591 g/mol. The van der Waals surface area contributed by atoms with Gasteiger partial charge in [-0.25, -0.2) is 0 Å². The second-order valence-electron chi connectivity index (χ2n) is 10.6. The SMILES string of the molecule is COc1ccc(-c2ccc(C(=O)N(c3ccc(-c4ccc(CO)cc4)cc3)c3ccc(-c4ccc(OC)cc4)cc3)cc2)cc1. The zero-order valence-electron chi connectivity index (χ0n) is 25.2. The van der Waals surface area contributed by atoms with Gasteiger partial charge in [0.15, 0.2) is 0 Å². The average Bonchev–Trinajstić information content (AvgIpc) is 3.12. The molecule has 222 valence electrons. The van der Waals surface area contributed by atoms with Gasteiger partial charge >= 0.3 is 0 Å². The molecule has 0 spiro atoms. The summed E-state index contributed by atoms with van der Waals surface area (Å²) in [5.74, 6) is 1.47. The van der Waals surface area contributed by atoms with E-state index >= 15 is 0 Å². The fourth-order valence-corrected chi connectivity index (χ4v) is 5.29. The van der Waals surface area contributed by atoms with Crippen LogP contribution in [0.25, 0.3) is 33.4 Å². The van der Waals surface area contributed by atoms with E-state index in [1.807, 2.05) is 146 Å². The fraction of sp³-hybridized carbons (Fsp3) is 0.0750. The summed E-state index contributed by atoms with van der Waals surface area (Å²) in [4.78, 5) is 15.9. The Morgan fingerprint density at radius 2 is 0.800 bits per heavy atom. The number of methoxy groups -OCH3 is 2. The standard InChI is InChI=1S/C40H33NO4/c1-44-38-23-15-33(16-24-38)30-7-9-35(10-8-30)40(43)41(36-19-11-31(12-20-36)29-5-3-28(27-42)4-6-29)37-21-13-32(14-22-37)34-17-25-39(45-2)26-18-34/h3-26,42H,27H2,1-2H3. The van der Waals surface area contributed by atoms with Gasteiger partial charge in [0.2, 0.25) is 0 Å². The molecule has 6 rings (SSSR count). The molecule has 0 unspecified atom stereocenters. The van der Waals surface area contributed by atoms with Crippen molar-refractivity contribution in [2.24, 2.45) is 0 Å². The Hall–Kier alpha value is -5.65. The highest BCUT2D eigenvalue weighted by atomic mass is 16.5. The van der Waals surface area contributed by atoms with Crippen LogP contribution in [0, 0.1) is 0 Å². The zero-order valence-corrected chi connectivity index (χ0v) is 25.2. The van der Waals surface area contributed by atoms with Crippen molar-refractivity contribution >= 4 is 17.3 Å². The molecular weight excluding hydrogens is 558 g/mol. The van der Waals surface area contributed by atoms with Gasteiger partial charge in [0.25, 0.3) is 5.91 Å². The van der Waals surface area contributed by atoms with Crippen LogP contribution in [0.1, 0.15) is 15.9 Å². The van der Waals surface area contributed by atoms with Crippen LogP contribution in [0.5, 0.6) is 11.5 Å². The molecule has 0 heterocycles. The lowest BCUT2D eigenvalue weighted by atomic mass is 10.0. The molecule has 0 saturated heterocycles. The molecule has 45 heavy (non-hydrogen) atoms. The van der Waals surface area contributed by atoms with Gasteiger partial charge in [0, 0.05) is 16.9 Å². The second-order valence-corrected chi connectivity index (χ2v) is 10.6. The Morgan fingerprint density at radius 3 is 1.13 bits per heavy atom. The summed E-state index contributed by atoms with van der Waals surface area (Å²) in [7, 11) is 3.30. The zero-order chi connectivity index (χ0) is 31.2. The van der Waals surface area contributed by atoms with E-state index in [9.17, 15) is 9.90 Å². The van der Waals surface area contributed by atoms with Crippen molar-refractivity contribution in [2.45, 2.75) is 6.61 Å². The van der Waals surface area contributed by atoms with Gasteiger partial charge in [0.1, 0.15) is 11.5 Å². The molecule has 0 aromatic heterocycles. The Kier molecular flexibility index (Phi) is 8.72. The Balaban J connectivity index is 1.33. The molecule has 0 aliphatic heterocycles. The Labute approximate surface area is 263 Å². The number of amides is 1. The number of aliphatic hydroxyl groups excluding tert-OH is 1. The van der Waals surface area contributed by atoms with E-state index in [1.165, 1.54) is 0 Å². The number of carbonyl (C=O) groups is 1. The van der Waals surface area contributed by atoms with E-state index in [0.29, 0.717) is 5.56 Å². The Bertz CT molecular complexity index is 1770. The molecule has 0 atom stereocenters. The van der Waals surface area contributed by atoms with E-state index < -0.39 is 0 Å². The minimum Gasteiger partial charge on any atom is -0.497 e. The fourth-order valence-electron chi connectivity index (χ4n) is 5.29. The van der Waals surface area contributed by atoms with E-state index in [0.717, 1.165) is 61.8 Å². The molecule has 0 radical (unpaired) electrons. The third kappa shape index (κ3) is 6.49. The van der Waals surface area contributed by atoms with Crippen molar-refractivity contribution in [3.05, 3.63) is 157 Å². The summed E-state index contributed by atoms with van der Waals surface area (Å²) >= 11 is 0. The van der Waals surface area contributed by atoms with Crippen LogP contribution in [0.4, 0.5) is 11.4 Å². The maximum atomic E-state index is 14.2. The first-order valence-electron chi connectivity index (χ1n) is 14.7. The molecule has 0 saturated carbocycles. The number of benzene rings is 6. The highest BCUT2D eigenvalue weighted by molar-refractivity contribution is 6.11. The van der Waals surface area contributed by atoms with Crippen LogP contribution >= 0.6 is 0 Å². The maximum Gasteiger partial charge on any atom is 0.262 e. The summed E-state index contributed by atoms with van der Waals surface area (Å²) < 4.78 is 10.6. The summed E-state index contributed by atoms with van der Waals surface area (Å²) in [5.41, 5.74) is 9.18. The molecule has 6 aromatic carbocycles. The number of hydrogen-bond donors (Lipinski definition) is 1. The van der Waals surface area contributed by atoms with Gasteiger partial charge < -0.3 is 14.6 Å². The van der Waals surface area contributed by atoms with Crippen molar-refractivity contribution in [2.75, 3.05) is 19.1 Å². The van der Waals surface area contributed by atoms with E-state index in [-0.39, 0.29) is 12.5 Å². The first-order chi connectivity index (χ1) is 22.1. The van der Waals surface area contributed by atoms with Gasteiger partial charge in [0.05, 0.1) is 20.8 Å². The van der Waals surface area contributed by atoms with Crippen molar-refractivity contribution in [3.8, 4) is 44.9 Å². The average molecular weight is 592 g/mol. The largest absolute Gasteiger partial charge is 0.497 e. The lowest BCUT2D eigenvalue weighted by Gasteiger charge is -2.24. The van der Waals surface area contributed by atoms with E-state index in [4.69, 9.17) is 9.47 Å². The number of ether oxygens (including phenoxy) is 2. The molecule has 0 aliphatic rings. The quantitative estimate of drug-likeness (QED) is 0.182. The minimum atomic E-state index is -0.131. The topological polar surface area (TPSA) is 59.0 Å². The lowest BCUT2D eigenvalue weighted by Crippen LogP contribution is -2.25. The smallest absolute Gasteiger partial charge is 0.262 e. The number of aliphatic hydroxyl groups is 1. The van der Waals surface area contributed by atoms with Crippen LogP contribution in [0.3, 0.4) is 0 Å². The van der Waals surface area contributed by atoms with E-state index in [2.05, 4.69) is 0 Å². The van der Waals surface area contributed by atoms with Crippen molar-refractivity contribution in [3.63, 3.8) is 0 Å². The van der Waals surface area contributed by atoms with Gasteiger partial charge in [-0.15, -0.1) is 0 Å². The van der Waals surface area contributed by atoms with E-state index in [1.54, 1.807) is 19.1 Å². The highest BCUT2D eigenvalue weighted by Gasteiger charge is 2.20. The molecule has 0 aliphatic carbocycles. The second kappa shape index (κ2) is 13.3. The highest BCUT2D eigenvalue weighted by Crippen LogP contribution is 2.33.